The molecule has 0 radical (unpaired) electrons. The van der Waals surface area contributed by atoms with Crippen LogP contribution in [0.5, 0.6) is 0 Å². The number of esters is 2. The molecule has 0 aromatic heterocycles. The average Bonchev–Trinajstić information content (AvgIpc) is 3.05. The van der Waals surface area contributed by atoms with E-state index >= 15 is 0 Å². The first-order valence-corrected chi connectivity index (χ1v) is 20.7. The van der Waals surface area contributed by atoms with E-state index in [0.717, 1.165) is 51.4 Å². The normalized spacial score (nSPS) is 21.8. The van der Waals surface area contributed by atoms with Crippen LogP contribution in [0.15, 0.2) is 0 Å². The Morgan fingerprint density at radius 2 is 1.04 bits per heavy atom. The number of unbranched alkanes of at least 4 members (excludes halogenated alkanes) is 19. The van der Waals surface area contributed by atoms with Crippen molar-refractivity contribution in [3.63, 3.8) is 0 Å². The van der Waals surface area contributed by atoms with E-state index in [1.54, 1.807) is 0 Å². The van der Waals surface area contributed by atoms with E-state index in [9.17, 15) is 37.9 Å². The SMILES string of the molecule is CCCCCCCCCCCCCCCCC(=O)OC[C@H](CO[C@@H]1O[C@@H](CS(=O)(=O)O)[C@H](O)C(O)C1O)OC(=O)CCCCCCCCC. The number of carbonyl (C=O) groups excluding carboxylic acids is 2. The highest BCUT2D eigenvalue weighted by atomic mass is 32.2. The Kier molecular flexibility index (Phi) is 26.3. The van der Waals surface area contributed by atoms with Gasteiger partial charge in [-0.25, -0.2) is 0 Å². The highest BCUT2D eigenvalue weighted by molar-refractivity contribution is 7.85. The third-order valence-corrected chi connectivity index (χ3v) is 9.69. The summed E-state index contributed by atoms with van der Waals surface area (Å²) in [5.41, 5.74) is 0. The summed E-state index contributed by atoms with van der Waals surface area (Å²) in [6, 6.07) is 0. The lowest BCUT2D eigenvalue weighted by atomic mass is 10.00. The Hall–Kier alpha value is -1.35. The van der Waals surface area contributed by atoms with Crippen LogP contribution in [0, 0.1) is 0 Å². The van der Waals surface area contributed by atoms with Crippen LogP contribution < -0.4 is 0 Å². The predicted molar refractivity (Wildman–Crippen MR) is 187 cm³/mol. The smallest absolute Gasteiger partial charge is 0.306 e. The molecule has 1 fully saturated rings. The second-order valence-corrected chi connectivity index (χ2v) is 15.1. The van der Waals surface area contributed by atoms with E-state index in [0.29, 0.717) is 12.8 Å². The Bertz CT molecular complexity index is 946. The summed E-state index contributed by atoms with van der Waals surface area (Å²) in [5.74, 6) is -1.98. The van der Waals surface area contributed by atoms with Crippen molar-refractivity contribution in [1.82, 2.24) is 0 Å². The zero-order valence-electron chi connectivity index (χ0n) is 30.3. The fourth-order valence-corrected chi connectivity index (χ4v) is 6.60. The van der Waals surface area contributed by atoms with Crippen molar-refractivity contribution in [3.8, 4) is 0 Å². The van der Waals surface area contributed by atoms with Gasteiger partial charge in [0.05, 0.1) is 6.61 Å². The summed E-state index contributed by atoms with van der Waals surface area (Å²) in [7, 11) is -4.59. The molecule has 0 aromatic rings. The van der Waals surface area contributed by atoms with Gasteiger partial charge in [0.1, 0.15) is 36.8 Å². The molecule has 1 heterocycles. The average molecular weight is 725 g/mol. The fraction of sp³-hybridized carbons (Fsp3) is 0.944. The van der Waals surface area contributed by atoms with Gasteiger partial charge < -0.3 is 34.3 Å². The lowest BCUT2D eigenvalue weighted by Gasteiger charge is -2.40. The minimum absolute atomic E-state index is 0.168. The number of hydrogen-bond acceptors (Lipinski definition) is 11. The molecule has 1 aliphatic heterocycles. The summed E-state index contributed by atoms with van der Waals surface area (Å²) < 4.78 is 53.6. The zero-order chi connectivity index (χ0) is 36.3. The summed E-state index contributed by atoms with van der Waals surface area (Å²) in [6.07, 6.45) is 14.8. The minimum Gasteiger partial charge on any atom is -0.462 e. The van der Waals surface area contributed by atoms with E-state index in [1.165, 1.54) is 70.6 Å². The first kappa shape index (κ1) is 45.7. The monoisotopic (exact) mass is 724 g/mol. The highest BCUT2D eigenvalue weighted by Gasteiger charge is 2.46. The molecule has 6 atom stereocenters. The second-order valence-electron chi connectivity index (χ2n) is 13.6. The third kappa shape index (κ3) is 23.7. The van der Waals surface area contributed by atoms with Gasteiger partial charge in [0, 0.05) is 12.8 Å². The molecular formula is C36H68O12S. The maximum Gasteiger partial charge on any atom is 0.306 e. The van der Waals surface area contributed by atoms with E-state index in [-0.39, 0.29) is 19.4 Å². The number of ether oxygens (including phenoxy) is 4. The van der Waals surface area contributed by atoms with Gasteiger partial charge >= 0.3 is 11.9 Å². The molecule has 0 aliphatic carbocycles. The summed E-state index contributed by atoms with van der Waals surface area (Å²) in [4.78, 5) is 25.1. The highest BCUT2D eigenvalue weighted by Crippen LogP contribution is 2.24. The van der Waals surface area contributed by atoms with Crippen molar-refractivity contribution in [1.29, 1.82) is 0 Å². The molecule has 49 heavy (non-hydrogen) atoms. The van der Waals surface area contributed by atoms with Crippen LogP contribution >= 0.6 is 0 Å². The van der Waals surface area contributed by atoms with E-state index < -0.39 is 71.2 Å². The van der Waals surface area contributed by atoms with Crippen LogP contribution in [-0.2, 0) is 38.7 Å². The summed E-state index contributed by atoms with van der Waals surface area (Å²) in [6.45, 7) is 3.68. The number of carbonyl (C=O) groups is 2. The molecule has 1 aliphatic rings. The molecule has 290 valence electrons. The summed E-state index contributed by atoms with van der Waals surface area (Å²) >= 11 is 0. The van der Waals surface area contributed by atoms with Crippen molar-refractivity contribution in [2.45, 2.75) is 198 Å². The van der Waals surface area contributed by atoms with Gasteiger partial charge in [0.2, 0.25) is 0 Å². The number of hydrogen-bond donors (Lipinski definition) is 4. The number of rotatable bonds is 31. The van der Waals surface area contributed by atoms with Crippen LogP contribution in [0.25, 0.3) is 0 Å². The quantitative estimate of drug-likeness (QED) is 0.0363. The molecule has 1 saturated heterocycles. The fourth-order valence-electron chi connectivity index (χ4n) is 5.91. The van der Waals surface area contributed by atoms with Gasteiger partial charge in [-0.3, -0.25) is 14.1 Å². The molecule has 0 bridgehead atoms. The molecule has 0 saturated carbocycles. The molecule has 1 rings (SSSR count). The Morgan fingerprint density at radius 1 is 0.612 bits per heavy atom. The van der Waals surface area contributed by atoms with Crippen molar-refractivity contribution < 1.29 is 56.8 Å². The third-order valence-electron chi connectivity index (χ3n) is 8.94. The Labute approximate surface area is 295 Å². The zero-order valence-corrected chi connectivity index (χ0v) is 31.1. The lowest BCUT2D eigenvalue weighted by Crippen LogP contribution is -2.60. The molecule has 2 unspecified atom stereocenters. The molecule has 0 amide bonds. The topological polar surface area (TPSA) is 186 Å². The van der Waals surface area contributed by atoms with Crippen molar-refractivity contribution in [2.75, 3.05) is 19.0 Å². The molecule has 0 aromatic carbocycles. The van der Waals surface area contributed by atoms with Gasteiger partial charge in [-0.2, -0.15) is 8.42 Å². The van der Waals surface area contributed by atoms with Gasteiger partial charge in [-0.1, -0.05) is 136 Å². The van der Waals surface area contributed by atoms with Crippen molar-refractivity contribution in [2.24, 2.45) is 0 Å². The summed E-state index contributed by atoms with van der Waals surface area (Å²) in [5, 5.41) is 30.6. The van der Waals surface area contributed by atoms with Crippen molar-refractivity contribution in [3.05, 3.63) is 0 Å². The first-order valence-electron chi connectivity index (χ1n) is 19.1. The van der Waals surface area contributed by atoms with Crippen molar-refractivity contribution >= 4 is 22.1 Å². The Balaban J connectivity index is 2.47. The predicted octanol–water partition coefficient (Wildman–Crippen LogP) is 6.17. The van der Waals surface area contributed by atoms with Gasteiger partial charge in [0.15, 0.2) is 12.4 Å². The standard InChI is InChI=1S/C36H68O12S/c1-3-5-7-9-11-12-13-14-15-16-17-19-20-22-24-31(37)45-26-29(47-32(38)25-23-21-18-10-8-6-4-2)27-46-36-35(41)34(40)33(39)30(48-36)28-49(42,43)44/h29-30,33-36,39-41H,3-28H2,1-2H3,(H,42,43,44)/t29-,30+,33+,34?,35?,36-/m1/s1. The Morgan fingerprint density at radius 3 is 1.49 bits per heavy atom. The van der Waals surface area contributed by atoms with Gasteiger partial charge in [-0.15, -0.1) is 0 Å². The number of aliphatic hydroxyl groups is 3. The van der Waals surface area contributed by atoms with Crippen LogP contribution in [0.3, 0.4) is 0 Å². The van der Waals surface area contributed by atoms with E-state index in [2.05, 4.69) is 13.8 Å². The van der Waals surface area contributed by atoms with Crippen LogP contribution in [0.1, 0.15) is 162 Å². The molecule has 0 spiro atoms. The van der Waals surface area contributed by atoms with Gasteiger partial charge in [0.25, 0.3) is 10.1 Å². The van der Waals surface area contributed by atoms with Crippen LogP contribution in [-0.4, -0.2) is 96.0 Å². The largest absolute Gasteiger partial charge is 0.462 e. The van der Waals surface area contributed by atoms with E-state index in [1.807, 2.05) is 0 Å². The van der Waals surface area contributed by atoms with Crippen LogP contribution in [0.4, 0.5) is 0 Å². The first-order chi connectivity index (χ1) is 23.5. The molecule has 4 N–H and O–H groups in total. The van der Waals surface area contributed by atoms with Gasteiger partial charge in [-0.05, 0) is 12.8 Å². The number of aliphatic hydroxyl groups excluding tert-OH is 3. The second kappa shape index (κ2) is 28.3. The lowest BCUT2D eigenvalue weighted by molar-refractivity contribution is -0.297. The van der Waals surface area contributed by atoms with Crippen LogP contribution in [0.2, 0.25) is 0 Å². The minimum atomic E-state index is -4.59. The maximum atomic E-state index is 12.6. The maximum absolute atomic E-state index is 12.6. The molecule has 12 nitrogen and oxygen atoms in total. The molecule has 13 heteroatoms. The molecular weight excluding hydrogens is 656 g/mol. The van der Waals surface area contributed by atoms with E-state index in [4.69, 9.17) is 18.9 Å².